The maximum atomic E-state index is 9.14. The van der Waals surface area contributed by atoms with Crippen LogP contribution in [0.4, 0.5) is 0 Å². The van der Waals surface area contributed by atoms with Gasteiger partial charge in [0.15, 0.2) is 5.82 Å². The van der Waals surface area contributed by atoms with Gasteiger partial charge in [-0.05, 0) is 24.6 Å². The molecule has 1 aromatic heterocycles. The lowest BCUT2D eigenvalue weighted by atomic mass is 10.1. The van der Waals surface area contributed by atoms with Crippen molar-refractivity contribution in [3.63, 3.8) is 0 Å². The molecule has 0 bridgehead atoms. The van der Waals surface area contributed by atoms with Gasteiger partial charge in [-0.15, -0.1) is 10.2 Å². The van der Waals surface area contributed by atoms with E-state index in [0.29, 0.717) is 5.82 Å². The van der Waals surface area contributed by atoms with Gasteiger partial charge >= 0.3 is 0 Å². The van der Waals surface area contributed by atoms with E-state index in [1.54, 1.807) is 0 Å². The molecule has 0 unspecified atom stereocenters. The predicted molar refractivity (Wildman–Crippen MR) is 68.6 cm³/mol. The molecule has 0 fully saturated rings. The summed E-state index contributed by atoms with van der Waals surface area (Å²) in [5, 5.41) is 17.2. The zero-order valence-electron chi connectivity index (χ0n) is 9.60. The first-order valence-electron chi connectivity index (χ1n) is 5.50. The summed E-state index contributed by atoms with van der Waals surface area (Å²) in [7, 11) is 0. The van der Waals surface area contributed by atoms with Gasteiger partial charge in [-0.1, -0.05) is 28.1 Å². The second kappa shape index (κ2) is 5.42. The number of hydrogen-bond acceptors (Lipinski definition) is 3. The highest BCUT2D eigenvalue weighted by Gasteiger charge is 2.09. The molecule has 0 atom stereocenters. The zero-order chi connectivity index (χ0) is 12.3. The molecule has 1 aromatic carbocycles. The van der Waals surface area contributed by atoms with Gasteiger partial charge in [0.05, 0.1) is 0 Å². The van der Waals surface area contributed by atoms with Crippen molar-refractivity contribution >= 4 is 15.9 Å². The van der Waals surface area contributed by atoms with Crippen LogP contribution < -0.4 is 0 Å². The van der Waals surface area contributed by atoms with Crippen LogP contribution in [0.15, 0.2) is 28.7 Å². The number of benzene rings is 1. The third-order valence-corrected chi connectivity index (χ3v) is 3.17. The average Bonchev–Trinajstić information content (AvgIpc) is 2.74. The van der Waals surface area contributed by atoms with Gasteiger partial charge in [0.2, 0.25) is 0 Å². The van der Waals surface area contributed by atoms with Crippen LogP contribution in [0.5, 0.6) is 0 Å². The summed E-state index contributed by atoms with van der Waals surface area (Å²) in [4.78, 5) is 0. The van der Waals surface area contributed by atoms with Crippen LogP contribution in [0.25, 0.3) is 0 Å². The Morgan fingerprint density at radius 3 is 2.41 bits per heavy atom. The van der Waals surface area contributed by atoms with Gasteiger partial charge in [0.25, 0.3) is 0 Å². The number of aliphatic hydroxyl groups is 1. The number of halogens is 1. The highest BCUT2D eigenvalue weighted by atomic mass is 79.9. The lowest BCUT2D eigenvalue weighted by molar-refractivity contribution is 0.264. The Hall–Kier alpha value is -1.20. The molecule has 90 valence electrons. The monoisotopic (exact) mass is 295 g/mol. The molecule has 4 nitrogen and oxygen atoms in total. The Kier molecular flexibility index (Phi) is 3.91. The van der Waals surface area contributed by atoms with E-state index in [1.165, 1.54) is 5.56 Å². The first-order chi connectivity index (χ1) is 8.24. The SMILES string of the molecule is CCn1c(CO)nnc1Cc1ccc(Br)cc1. The van der Waals surface area contributed by atoms with Gasteiger partial charge in [-0.3, -0.25) is 0 Å². The van der Waals surface area contributed by atoms with Crippen molar-refractivity contribution in [1.82, 2.24) is 14.8 Å². The van der Waals surface area contributed by atoms with Crippen molar-refractivity contribution in [3.8, 4) is 0 Å². The number of aliphatic hydroxyl groups excluding tert-OH is 1. The van der Waals surface area contributed by atoms with Gasteiger partial charge in [-0.2, -0.15) is 0 Å². The van der Waals surface area contributed by atoms with Crippen LogP contribution in [0, 0.1) is 0 Å². The standard InChI is InChI=1S/C12H14BrN3O/c1-2-16-11(14-15-12(16)8-17)7-9-3-5-10(13)6-4-9/h3-6,17H,2,7-8H2,1H3. The van der Waals surface area contributed by atoms with Gasteiger partial charge < -0.3 is 9.67 Å². The number of rotatable bonds is 4. The van der Waals surface area contributed by atoms with Gasteiger partial charge in [0, 0.05) is 17.4 Å². The molecule has 0 saturated heterocycles. The quantitative estimate of drug-likeness (QED) is 0.940. The molecule has 2 rings (SSSR count). The van der Waals surface area contributed by atoms with Crippen LogP contribution in [0.3, 0.4) is 0 Å². The van der Waals surface area contributed by atoms with Crippen LogP contribution in [-0.2, 0) is 19.6 Å². The predicted octanol–water partition coefficient (Wildman–Crippen LogP) is 2.14. The smallest absolute Gasteiger partial charge is 0.158 e. The third-order valence-electron chi connectivity index (χ3n) is 2.64. The molecule has 0 radical (unpaired) electrons. The largest absolute Gasteiger partial charge is 0.388 e. The summed E-state index contributed by atoms with van der Waals surface area (Å²) in [6, 6.07) is 8.12. The Morgan fingerprint density at radius 2 is 1.82 bits per heavy atom. The maximum Gasteiger partial charge on any atom is 0.158 e. The summed E-state index contributed by atoms with van der Waals surface area (Å²) in [6.45, 7) is 2.73. The van der Waals surface area contributed by atoms with E-state index < -0.39 is 0 Å². The maximum absolute atomic E-state index is 9.14. The molecule has 0 aliphatic carbocycles. The first-order valence-corrected chi connectivity index (χ1v) is 6.30. The molecule has 1 heterocycles. The summed E-state index contributed by atoms with van der Waals surface area (Å²) >= 11 is 3.41. The van der Waals surface area contributed by atoms with Crippen molar-refractivity contribution < 1.29 is 5.11 Å². The Morgan fingerprint density at radius 1 is 1.18 bits per heavy atom. The highest BCUT2D eigenvalue weighted by molar-refractivity contribution is 9.10. The Bertz CT molecular complexity index is 493. The van der Waals surface area contributed by atoms with E-state index in [1.807, 2.05) is 23.6 Å². The van der Waals surface area contributed by atoms with Crippen molar-refractivity contribution in [2.75, 3.05) is 0 Å². The third kappa shape index (κ3) is 2.73. The lowest BCUT2D eigenvalue weighted by Gasteiger charge is -2.06. The van der Waals surface area contributed by atoms with E-state index >= 15 is 0 Å². The van der Waals surface area contributed by atoms with Crippen LogP contribution >= 0.6 is 15.9 Å². The molecule has 5 heteroatoms. The average molecular weight is 296 g/mol. The van der Waals surface area contributed by atoms with E-state index in [2.05, 4.69) is 38.3 Å². The second-order valence-corrected chi connectivity index (χ2v) is 4.65. The Balaban J connectivity index is 2.23. The molecule has 0 amide bonds. The second-order valence-electron chi connectivity index (χ2n) is 3.74. The summed E-state index contributed by atoms with van der Waals surface area (Å²) in [5.74, 6) is 1.51. The van der Waals surface area contributed by atoms with Crippen LogP contribution in [-0.4, -0.2) is 19.9 Å². The molecule has 0 aliphatic heterocycles. The minimum atomic E-state index is -0.0683. The van der Waals surface area contributed by atoms with Gasteiger partial charge in [-0.25, -0.2) is 0 Å². The molecule has 0 saturated carbocycles. The molecule has 0 spiro atoms. The fourth-order valence-electron chi connectivity index (χ4n) is 1.77. The molecular weight excluding hydrogens is 282 g/mol. The molecule has 17 heavy (non-hydrogen) atoms. The van der Waals surface area contributed by atoms with Crippen molar-refractivity contribution in [2.45, 2.75) is 26.5 Å². The Labute approximate surface area is 108 Å². The fourth-order valence-corrected chi connectivity index (χ4v) is 2.03. The number of aromatic nitrogens is 3. The van der Waals surface area contributed by atoms with Crippen molar-refractivity contribution in [3.05, 3.63) is 46.0 Å². The van der Waals surface area contributed by atoms with Crippen LogP contribution in [0.2, 0.25) is 0 Å². The topological polar surface area (TPSA) is 50.9 Å². The molecular formula is C12H14BrN3O. The first kappa shape index (κ1) is 12.3. The minimum Gasteiger partial charge on any atom is -0.388 e. The van der Waals surface area contributed by atoms with Gasteiger partial charge in [0.1, 0.15) is 12.4 Å². The summed E-state index contributed by atoms with van der Waals surface area (Å²) in [5.41, 5.74) is 1.18. The van der Waals surface area contributed by atoms with E-state index in [9.17, 15) is 0 Å². The van der Waals surface area contributed by atoms with Crippen molar-refractivity contribution in [1.29, 1.82) is 0 Å². The van der Waals surface area contributed by atoms with E-state index in [-0.39, 0.29) is 6.61 Å². The van der Waals surface area contributed by atoms with Crippen LogP contribution in [0.1, 0.15) is 24.1 Å². The fraction of sp³-hybridized carbons (Fsp3) is 0.333. The molecule has 1 N–H and O–H groups in total. The van der Waals surface area contributed by atoms with E-state index in [4.69, 9.17) is 5.11 Å². The normalized spacial score (nSPS) is 10.8. The minimum absolute atomic E-state index is 0.0683. The molecule has 2 aromatic rings. The highest BCUT2D eigenvalue weighted by Crippen LogP contribution is 2.14. The number of nitrogens with zero attached hydrogens (tertiary/aromatic N) is 3. The summed E-state index contributed by atoms with van der Waals surface area (Å²) < 4.78 is 3.01. The summed E-state index contributed by atoms with van der Waals surface area (Å²) in [6.07, 6.45) is 0.730. The zero-order valence-corrected chi connectivity index (χ0v) is 11.2. The lowest BCUT2D eigenvalue weighted by Crippen LogP contribution is -2.06. The number of hydrogen-bond donors (Lipinski definition) is 1. The molecule has 0 aliphatic rings. The van der Waals surface area contributed by atoms with Crippen molar-refractivity contribution in [2.24, 2.45) is 0 Å². The van der Waals surface area contributed by atoms with E-state index in [0.717, 1.165) is 23.3 Å².